The van der Waals surface area contributed by atoms with Crippen LogP contribution in [-0.2, 0) is 11.3 Å². The highest BCUT2D eigenvalue weighted by atomic mass is 35.5. The minimum atomic E-state index is -0.214. The van der Waals surface area contributed by atoms with Crippen molar-refractivity contribution in [2.45, 2.75) is 19.0 Å². The van der Waals surface area contributed by atoms with Crippen LogP contribution in [0.15, 0.2) is 108 Å². The number of benzene rings is 4. The number of piperazine rings is 1. The number of para-hydroxylation sites is 1. The lowest BCUT2D eigenvalue weighted by molar-refractivity contribution is -0.121. The van der Waals surface area contributed by atoms with Crippen LogP contribution in [0.3, 0.4) is 0 Å². The lowest BCUT2D eigenvalue weighted by Gasteiger charge is -2.45. The summed E-state index contributed by atoms with van der Waals surface area (Å²) in [4.78, 5) is 28.4. The molecule has 0 saturated carbocycles. The highest BCUT2D eigenvalue weighted by Gasteiger charge is 2.36. The number of hydrogen-bond donors (Lipinski definition) is 1. The van der Waals surface area contributed by atoms with Crippen molar-refractivity contribution in [2.24, 2.45) is 4.99 Å². The maximum absolute atomic E-state index is 13.7. The van der Waals surface area contributed by atoms with Crippen molar-refractivity contribution in [1.29, 1.82) is 0 Å². The second kappa shape index (κ2) is 18.8. The van der Waals surface area contributed by atoms with Crippen molar-refractivity contribution in [3.05, 3.63) is 114 Å². The zero-order valence-corrected chi connectivity index (χ0v) is 30.8. The molecule has 1 amide bonds. The van der Waals surface area contributed by atoms with Gasteiger partial charge < -0.3 is 24.8 Å². The first-order chi connectivity index (χ1) is 22.5. The van der Waals surface area contributed by atoms with Crippen LogP contribution in [0.4, 0.5) is 11.4 Å². The Kier molecular flexibility index (Phi) is 15.2. The number of amides is 1. The molecule has 0 aliphatic carbocycles. The number of aliphatic imine (C=N–C) groups is 1. The number of hydrogen-bond acceptors (Lipinski definition) is 7. The van der Waals surface area contributed by atoms with Gasteiger partial charge in [0.05, 0.1) is 25.3 Å². The fourth-order valence-electron chi connectivity index (χ4n) is 6.18. The molecule has 4 aromatic carbocycles. The van der Waals surface area contributed by atoms with E-state index in [0.29, 0.717) is 13.0 Å². The minimum absolute atomic E-state index is 0. The Labute approximate surface area is 309 Å². The Bertz CT molecular complexity index is 1630. The van der Waals surface area contributed by atoms with Crippen LogP contribution in [0.2, 0.25) is 0 Å². The summed E-state index contributed by atoms with van der Waals surface area (Å²) in [6.45, 7) is 6.26. The van der Waals surface area contributed by atoms with Crippen LogP contribution in [0.25, 0.3) is 11.1 Å². The van der Waals surface area contributed by atoms with Crippen LogP contribution < -0.4 is 15.0 Å². The predicted molar refractivity (Wildman–Crippen MR) is 208 cm³/mol. The van der Waals surface area contributed by atoms with Crippen molar-refractivity contribution < 1.29 is 9.53 Å². The molecule has 1 N–H and O–H groups in total. The SMILES string of the molecule is COc1ccc(CNC(=O)CC2c3ccccc3N=C(N3CCN(CCN(C)C)CC3)N2c2ccc(-c3ccccc3)cc2)cc1.Cl.Cl.Cl. The zero-order valence-electron chi connectivity index (χ0n) is 28.3. The van der Waals surface area contributed by atoms with E-state index in [-0.39, 0.29) is 49.2 Å². The van der Waals surface area contributed by atoms with E-state index >= 15 is 0 Å². The predicted octanol–water partition coefficient (Wildman–Crippen LogP) is 7.06. The van der Waals surface area contributed by atoms with Crippen molar-refractivity contribution >= 4 is 60.5 Å². The number of halogens is 3. The Morgan fingerprint density at radius 1 is 0.816 bits per heavy atom. The van der Waals surface area contributed by atoms with E-state index in [2.05, 4.69) is 99.7 Å². The second-order valence-electron chi connectivity index (χ2n) is 12.2. The number of ether oxygens (including phenoxy) is 1. The van der Waals surface area contributed by atoms with Gasteiger partial charge in [0.2, 0.25) is 11.9 Å². The number of nitrogens with one attached hydrogen (secondary N) is 1. The summed E-state index contributed by atoms with van der Waals surface area (Å²) in [6.07, 6.45) is 0.301. The first-order valence-electron chi connectivity index (χ1n) is 16.1. The third kappa shape index (κ3) is 9.90. The Morgan fingerprint density at radius 3 is 2.10 bits per heavy atom. The molecule has 4 aromatic rings. The first kappa shape index (κ1) is 39.6. The number of rotatable bonds is 10. The standard InChI is InChI=1S/C38H44N6O2.3ClH/c1-41(2)21-22-42-23-25-43(26-24-42)38-40-35-12-8-7-11-34(35)36(27-37(45)39-28-29-13-19-33(46-3)20-14-29)44(38)32-17-15-31(16-18-32)30-9-5-4-6-10-30;;;/h4-20,36H,21-28H2,1-3H3,(H,39,45);3*1H. The van der Waals surface area contributed by atoms with Gasteiger partial charge in [-0.15, -0.1) is 37.2 Å². The summed E-state index contributed by atoms with van der Waals surface area (Å²) in [5.41, 5.74) is 6.37. The quantitative estimate of drug-likeness (QED) is 0.189. The van der Waals surface area contributed by atoms with Gasteiger partial charge in [-0.05, 0) is 61.1 Å². The molecular formula is C38H47Cl3N6O2. The summed E-state index contributed by atoms with van der Waals surface area (Å²) in [5.74, 6) is 1.70. The third-order valence-corrected chi connectivity index (χ3v) is 8.84. The molecule has 0 radical (unpaired) electrons. The van der Waals surface area contributed by atoms with Crippen molar-refractivity contribution in [3.63, 3.8) is 0 Å². The van der Waals surface area contributed by atoms with E-state index < -0.39 is 0 Å². The molecule has 1 saturated heterocycles. The first-order valence-corrected chi connectivity index (χ1v) is 16.1. The maximum Gasteiger partial charge on any atom is 0.222 e. The average molecular weight is 726 g/mol. The van der Waals surface area contributed by atoms with Crippen LogP contribution in [0, 0.1) is 0 Å². The van der Waals surface area contributed by atoms with Crippen molar-refractivity contribution in [1.82, 2.24) is 20.0 Å². The number of guanidine groups is 1. The molecule has 2 aliphatic heterocycles. The van der Waals surface area contributed by atoms with Gasteiger partial charge in [0.1, 0.15) is 5.75 Å². The molecule has 262 valence electrons. The van der Waals surface area contributed by atoms with E-state index in [1.165, 1.54) is 5.56 Å². The van der Waals surface area contributed by atoms with Gasteiger partial charge in [0.15, 0.2) is 0 Å². The van der Waals surface area contributed by atoms with Crippen molar-refractivity contribution in [3.8, 4) is 16.9 Å². The van der Waals surface area contributed by atoms with Crippen LogP contribution in [0.1, 0.15) is 23.6 Å². The molecule has 6 rings (SSSR count). The molecule has 2 heterocycles. The highest BCUT2D eigenvalue weighted by Crippen LogP contribution is 2.41. The molecule has 2 aliphatic rings. The fourth-order valence-corrected chi connectivity index (χ4v) is 6.18. The van der Waals surface area contributed by atoms with Gasteiger partial charge in [0.25, 0.3) is 0 Å². The molecule has 1 unspecified atom stereocenters. The summed E-state index contributed by atoms with van der Waals surface area (Å²) in [6, 6.07) is 35.0. The Morgan fingerprint density at radius 2 is 1.45 bits per heavy atom. The molecule has 0 spiro atoms. The van der Waals surface area contributed by atoms with Gasteiger partial charge in [0, 0.05) is 57.1 Å². The molecule has 1 fully saturated rings. The van der Waals surface area contributed by atoms with E-state index in [1.54, 1.807) is 7.11 Å². The van der Waals surface area contributed by atoms with Crippen LogP contribution >= 0.6 is 37.2 Å². The van der Waals surface area contributed by atoms with E-state index in [0.717, 1.165) is 79.0 Å². The van der Waals surface area contributed by atoms with Gasteiger partial charge in [-0.3, -0.25) is 9.69 Å². The van der Waals surface area contributed by atoms with Crippen molar-refractivity contribution in [2.75, 3.05) is 65.4 Å². The molecule has 49 heavy (non-hydrogen) atoms. The number of carbonyl (C=O) groups is 1. The van der Waals surface area contributed by atoms with Gasteiger partial charge in [-0.1, -0.05) is 72.8 Å². The molecule has 0 aromatic heterocycles. The van der Waals surface area contributed by atoms with E-state index in [1.807, 2.05) is 42.5 Å². The lowest BCUT2D eigenvalue weighted by Crippen LogP contribution is -2.56. The number of nitrogens with zero attached hydrogens (tertiary/aromatic N) is 5. The number of anilines is 1. The molecule has 1 atom stereocenters. The summed E-state index contributed by atoms with van der Waals surface area (Å²) in [7, 11) is 5.90. The van der Waals surface area contributed by atoms with Gasteiger partial charge >= 0.3 is 0 Å². The van der Waals surface area contributed by atoms with E-state index in [9.17, 15) is 4.79 Å². The largest absolute Gasteiger partial charge is 0.497 e. The number of methoxy groups -OCH3 is 1. The third-order valence-electron chi connectivity index (χ3n) is 8.84. The lowest BCUT2D eigenvalue weighted by atomic mass is 9.96. The summed E-state index contributed by atoms with van der Waals surface area (Å²) in [5, 5.41) is 3.17. The summed E-state index contributed by atoms with van der Waals surface area (Å²) < 4.78 is 5.29. The number of fused-ring (bicyclic) bond motifs is 1. The van der Waals surface area contributed by atoms with Crippen LogP contribution in [-0.4, -0.2) is 87.0 Å². The molecule has 11 heteroatoms. The van der Waals surface area contributed by atoms with Crippen LogP contribution in [0.5, 0.6) is 5.75 Å². The smallest absolute Gasteiger partial charge is 0.222 e. The maximum atomic E-state index is 13.7. The normalized spacial score (nSPS) is 15.6. The van der Waals surface area contributed by atoms with Gasteiger partial charge in [-0.25, -0.2) is 4.99 Å². The van der Waals surface area contributed by atoms with E-state index in [4.69, 9.17) is 9.73 Å². The number of likely N-dealkylation sites (N-methyl/N-ethyl adjacent to an activating group) is 1. The Hall–Kier alpha value is -3.79. The monoisotopic (exact) mass is 724 g/mol. The topological polar surface area (TPSA) is 63.7 Å². The Balaban J connectivity index is 0.00000217. The molecular weight excluding hydrogens is 679 g/mol. The van der Waals surface area contributed by atoms with Gasteiger partial charge in [-0.2, -0.15) is 0 Å². The average Bonchev–Trinajstić information content (AvgIpc) is 3.10. The highest BCUT2D eigenvalue weighted by molar-refractivity contribution is 6.01. The minimum Gasteiger partial charge on any atom is -0.497 e. The molecule has 8 nitrogen and oxygen atoms in total. The molecule has 0 bridgehead atoms. The second-order valence-corrected chi connectivity index (χ2v) is 12.2. The zero-order chi connectivity index (χ0) is 31.9. The summed E-state index contributed by atoms with van der Waals surface area (Å²) >= 11 is 0. The number of carbonyl (C=O) groups excluding carboxylic acids is 1. The fraction of sp³-hybridized carbons (Fsp3) is 0.316.